The SMILES string of the molecule is CCn1c(SCC(=O)N[C@@H]2CCC[C@H](C)[C@@H]2C)nnc1-c1ccco1. The first-order valence-corrected chi connectivity index (χ1v) is 9.98. The van der Waals surface area contributed by atoms with Crippen molar-refractivity contribution >= 4 is 17.7 Å². The minimum Gasteiger partial charge on any atom is -0.461 e. The number of hydrogen-bond acceptors (Lipinski definition) is 5. The molecule has 136 valence electrons. The Hall–Kier alpha value is -1.76. The predicted molar refractivity (Wildman–Crippen MR) is 98.2 cm³/mol. The molecular formula is C18H26N4O2S. The van der Waals surface area contributed by atoms with E-state index in [1.54, 1.807) is 6.26 Å². The van der Waals surface area contributed by atoms with Gasteiger partial charge in [-0.05, 0) is 37.3 Å². The Balaban J connectivity index is 1.59. The molecule has 0 aromatic carbocycles. The van der Waals surface area contributed by atoms with Crippen molar-refractivity contribution in [3.8, 4) is 11.6 Å². The van der Waals surface area contributed by atoms with Crippen molar-refractivity contribution in [1.82, 2.24) is 20.1 Å². The topological polar surface area (TPSA) is 73.0 Å². The summed E-state index contributed by atoms with van der Waals surface area (Å²) in [6.07, 6.45) is 5.16. The second-order valence-electron chi connectivity index (χ2n) is 6.76. The molecule has 2 heterocycles. The van der Waals surface area contributed by atoms with Gasteiger partial charge in [0, 0.05) is 12.6 Å². The van der Waals surface area contributed by atoms with Crippen LogP contribution in [0.2, 0.25) is 0 Å². The van der Waals surface area contributed by atoms with Crippen molar-refractivity contribution in [2.45, 2.75) is 57.8 Å². The molecule has 0 bridgehead atoms. The van der Waals surface area contributed by atoms with E-state index in [-0.39, 0.29) is 5.91 Å². The number of thioether (sulfide) groups is 1. The molecule has 3 rings (SSSR count). The van der Waals surface area contributed by atoms with E-state index in [0.717, 1.165) is 18.1 Å². The summed E-state index contributed by atoms with van der Waals surface area (Å²) < 4.78 is 7.39. The summed E-state index contributed by atoms with van der Waals surface area (Å²) in [7, 11) is 0. The van der Waals surface area contributed by atoms with Crippen molar-refractivity contribution in [3.05, 3.63) is 18.4 Å². The number of hydrogen-bond donors (Lipinski definition) is 1. The second-order valence-corrected chi connectivity index (χ2v) is 7.70. The highest BCUT2D eigenvalue weighted by molar-refractivity contribution is 7.99. The summed E-state index contributed by atoms with van der Waals surface area (Å²) in [5.41, 5.74) is 0. The van der Waals surface area contributed by atoms with Crippen LogP contribution >= 0.6 is 11.8 Å². The molecule has 2 aromatic rings. The third kappa shape index (κ3) is 4.08. The molecule has 1 saturated carbocycles. The van der Waals surface area contributed by atoms with Gasteiger partial charge in [-0.2, -0.15) is 0 Å². The zero-order valence-corrected chi connectivity index (χ0v) is 15.9. The van der Waals surface area contributed by atoms with Crippen molar-refractivity contribution in [2.24, 2.45) is 11.8 Å². The summed E-state index contributed by atoms with van der Waals surface area (Å²) >= 11 is 1.42. The van der Waals surface area contributed by atoms with Crippen LogP contribution in [0, 0.1) is 11.8 Å². The summed E-state index contributed by atoms with van der Waals surface area (Å²) in [6, 6.07) is 3.99. The van der Waals surface area contributed by atoms with Gasteiger partial charge in [0.1, 0.15) is 0 Å². The quantitative estimate of drug-likeness (QED) is 0.795. The van der Waals surface area contributed by atoms with Crippen molar-refractivity contribution < 1.29 is 9.21 Å². The van der Waals surface area contributed by atoms with E-state index >= 15 is 0 Å². The molecule has 6 nitrogen and oxygen atoms in total. The number of nitrogens with zero attached hydrogens (tertiary/aromatic N) is 3. The molecule has 0 aliphatic heterocycles. The lowest BCUT2D eigenvalue weighted by Crippen LogP contribution is -2.44. The van der Waals surface area contributed by atoms with Crippen molar-refractivity contribution in [1.29, 1.82) is 0 Å². The Labute approximate surface area is 152 Å². The van der Waals surface area contributed by atoms with Crippen LogP contribution < -0.4 is 5.32 Å². The zero-order valence-electron chi connectivity index (χ0n) is 15.1. The Kier molecular flexibility index (Phi) is 5.83. The van der Waals surface area contributed by atoms with E-state index in [2.05, 4.69) is 29.4 Å². The minimum atomic E-state index is 0.0705. The largest absolute Gasteiger partial charge is 0.461 e. The van der Waals surface area contributed by atoms with E-state index in [4.69, 9.17) is 4.42 Å². The van der Waals surface area contributed by atoms with Crippen molar-refractivity contribution in [3.63, 3.8) is 0 Å². The van der Waals surface area contributed by atoms with Gasteiger partial charge in [0.05, 0.1) is 12.0 Å². The highest BCUT2D eigenvalue weighted by Crippen LogP contribution is 2.30. The predicted octanol–water partition coefficient (Wildman–Crippen LogP) is 3.59. The van der Waals surface area contributed by atoms with Crippen LogP contribution in [-0.2, 0) is 11.3 Å². The molecule has 2 aromatic heterocycles. The van der Waals surface area contributed by atoms with Gasteiger partial charge in [0.25, 0.3) is 0 Å². The van der Waals surface area contributed by atoms with Gasteiger partial charge in [-0.1, -0.05) is 38.5 Å². The van der Waals surface area contributed by atoms with Crippen LogP contribution in [0.25, 0.3) is 11.6 Å². The van der Waals surface area contributed by atoms with E-state index in [1.807, 2.05) is 23.6 Å². The maximum absolute atomic E-state index is 12.4. The van der Waals surface area contributed by atoms with Gasteiger partial charge >= 0.3 is 0 Å². The number of carbonyl (C=O) groups is 1. The summed E-state index contributed by atoms with van der Waals surface area (Å²) in [5.74, 6) is 3.02. The Bertz CT molecular complexity index is 698. The monoisotopic (exact) mass is 362 g/mol. The van der Waals surface area contributed by atoms with Gasteiger partial charge in [0.2, 0.25) is 5.91 Å². The number of furan rings is 1. The molecule has 1 aliphatic carbocycles. The fraction of sp³-hybridized carbons (Fsp3) is 0.611. The average Bonchev–Trinajstić information content (AvgIpc) is 3.25. The molecule has 1 fully saturated rings. The van der Waals surface area contributed by atoms with Crippen LogP contribution in [0.5, 0.6) is 0 Å². The van der Waals surface area contributed by atoms with E-state index in [0.29, 0.717) is 35.2 Å². The maximum atomic E-state index is 12.4. The Morgan fingerprint density at radius 1 is 1.40 bits per heavy atom. The molecular weight excluding hydrogens is 336 g/mol. The summed E-state index contributed by atoms with van der Waals surface area (Å²) in [4.78, 5) is 12.4. The number of rotatable bonds is 6. The first kappa shape index (κ1) is 18.0. The van der Waals surface area contributed by atoms with Gasteiger partial charge in [-0.15, -0.1) is 10.2 Å². The molecule has 1 N–H and O–H groups in total. The standard InChI is InChI=1S/C18H26N4O2S/c1-4-22-17(15-9-6-10-24-15)20-21-18(22)25-11-16(23)19-14-8-5-7-12(2)13(14)3/h6,9-10,12-14H,4-5,7-8,11H2,1-3H3,(H,19,23)/t12-,13-,14+/m0/s1. The van der Waals surface area contributed by atoms with Gasteiger partial charge in [-0.25, -0.2) is 0 Å². The van der Waals surface area contributed by atoms with Gasteiger partial charge < -0.3 is 9.73 Å². The molecule has 1 aliphatic rings. The normalized spacial score (nSPS) is 23.6. The third-order valence-electron chi connectivity index (χ3n) is 5.16. The zero-order chi connectivity index (χ0) is 17.8. The van der Waals surface area contributed by atoms with Crippen molar-refractivity contribution in [2.75, 3.05) is 5.75 Å². The lowest BCUT2D eigenvalue weighted by molar-refractivity contribution is -0.120. The van der Waals surface area contributed by atoms with Crippen LogP contribution in [0.4, 0.5) is 0 Å². The van der Waals surface area contributed by atoms with Crippen LogP contribution in [0.15, 0.2) is 28.0 Å². The molecule has 25 heavy (non-hydrogen) atoms. The highest BCUT2D eigenvalue weighted by atomic mass is 32.2. The van der Waals surface area contributed by atoms with E-state index in [1.165, 1.54) is 24.6 Å². The molecule has 0 radical (unpaired) electrons. The molecule has 0 spiro atoms. The van der Waals surface area contributed by atoms with E-state index in [9.17, 15) is 4.79 Å². The van der Waals surface area contributed by atoms with Crippen LogP contribution in [0.1, 0.15) is 40.0 Å². The third-order valence-corrected chi connectivity index (χ3v) is 6.13. The molecule has 7 heteroatoms. The summed E-state index contributed by atoms with van der Waals surface area (Å²) in [6.45, 7) is 7.28. The minimum absolute atomic E-state index is 0.0705. The molecule has 1 amide bonds. The van der Waals surface area contributed by atoms with Crippen LogP contribution in [-0.4, -0.2) is 32.5 Å². The number of aromatic nitrogens is 3. The van der Waals surface area contributed by atoms with Gasteiger partial charge in [0.15, 0.2) is 16.7 Å². The average molecular weight is 362 g/mol. The molecule has 0 unspecified atom stereocenters. The fourth-order valence-corrected chi connectivity index (χ4v) is 4.25. The van der Waals surface area contributed by atoms with Crippen LogP contribution in [0.3, 0.4) is 0 Å². The lowest BCUT2D eigenvalue weighted by Gasteiger charge is -2.34. The number of nitrogens with one attached hydrogen (secondary N) is 1. The lowest BCUT2D eigenvalue weighted by atomic mass is 9.78. The number of carbonyl (C=O) groups excluding carboxylic acids is 1. The smallest absolute Gasteiger partial charge is 0.230 e. The second kappa shape index (κ2) is 8.08. The highest BCUT2D eigenvalue weighted by Gasteiger charge is 2.28. The first-order valence-electron chi connectivity index (χ1n) is 8.99. The Morgan fingerprint density at radius 2 is 2.24 bits per heavy atom. The molecule has 3 atom stereocenters. The van der Waals surface area contributed by atoms with E-state index < -0.39 is 0 Å². The van der Waals surface area contributed by atoms with Gasteiger partial charge in [-0.3, -0.25) is 9.36 Å². The summed E-state index contributed by atoms with van der Waals surface area (Å²) in [5, 5.41) is 12.4. The fourth-order valence-electron chi connectivity index (χ4n) is 3.43. The number of amides is 1. The maximum Gasteiger partial charge on any atom is 0.230 e. The Morgan fingerprint density at radius 3 is 2.96 bits per heavy atom. The molecule has 0 saturated heterocycles. The first-order chi connectivity index (χ1) is 12.1.